The Morgan fingerprint density at radius 2 is 2.00 bits per heavy atom. The molecule has 3 aromatic rings. The molecule has 0 unspecified atom stereocenters. The van der Waals surface area contributed by atoms with Crippen molar-refractivity contribution in [2.24, 2.45) is 5.10 Å². The van der Waals surface area contributed by atoms with Gasteiger partial charge in [-0.1, -0.05) is 18.2 Å². The molecule has 2 aromatic heterocycles. The second-order valence-electron chi connectivity index (χ2n) is 5.12. The number of hydrazone groups is 1. The molecular weight excluding hydrogens is 304 g/mol. The maximum Gasteiger partial charge on any atom is 0.291 e. The van der Waals surface area contributed by atoms with Crippen LogP contribution in [0.3, 0.4) is 0 Å². The lowest BCUT2D eigenvalue weighted by atomic mass is 10.2. The van der Waals surface area contributed by atoms with Crippen molar-refractivity contribution in [2.75, 3.05) is 0 Å². The lowest BCUT2D eigenvalue weighted by Gasteiger charge is -2.03. The van der Waals surface area contributed by atoms with Crippen LogP contribution in [0, 0.1) is 13.8 Å². The number of rotatable bonds is 4. The van der Waals surface area contributed by atoms with Crippen LogP contribution >= 0.6 is 0 Å². The summed E-state index contributed by atoms with van der Waals surface area (Å²) in [7, 11) is 0. The largest absolute Gasteiger partial charge is 0.291 e. The van der Waals surface area contributed by atoms with Crippen LogP contribution in [0.4, 0.5) is 0 Å². The Hall–Kier alpha value is -3.35. The number of para-hydroxylation sites is 1. The minimum atomic E-state index is -0.412. The number of carbonyl (C=O) groups is 1. The smallest absolute Gasteiger partial charge is 0.265 e. The lowest BCUT2D eigenvalue weighted by Crippen LogP contribution is -2.19. The number of aryl methyl sites for hydroxylation is 1. The standard InChI is InChI=1S/C17H16N6O/c1-12-15(10-20-21-17(24)16-11-18-8-9-19-16)13(2)23(22-12)14-6-4-3-5-7-14/h3-11H,1-2H3,(H,21,24). The molecule has 24 heavy (non-hydrogen) atoms. The summed E-state index contributed by atoms with van der Waals surface area (Å²) in [5, 5.41) is 8.53. The number of nitrogens with one attached hydrogen (secondary N) is 1. The molecule has 0 fully saturated rings. The number of aromatic nitrogens is 4. The quantitative estimate of drug-likeness (QED) is 0.589. The van der Waals surface area contributed by atoms with E-state index in [4.69, 9.17) is 0 Å². The molecule has 1 N–H and O–H groups in total. The van der Waals surface area contributed by atoms with E-state index in [1.807, 2.05) is 48.9 Å². The van der Waals surface area contributed by atoms with Gasteiger partial charge in [-0.2, -0.15) is 10.2 Å². The third kappa shape index (κ3) is 3.19. The van der Waals surface area contributed by atoms with E-state index >= 15 is 0 Å². The van der Waals surface area contributed by atoms with Crippen LogP contribution in [-0.4, -0.2) is 31.9 Å². The highest BCUT2D eigenvalue weighted by atomic mass is 16.2. The molecule has 0 saturated carbocycles. The Bertz CT molecular complexity index is 871. The zero-order chi connectivity index (χ0) is 16.9. The van der Waals surface area contributed by atoms with E-state index in [1.54, 1.807) is 6.21 Å². The normalized spacial score (nSPS) is 10.9. The van der Waals surface area contributed by atoms with Gasteiger partial charge in [0.15, 0.2) is 0 Å². The summed E-state index contributed by atoms with van der Waals surface area (Å²) in [6.45, 7) is 3.86. The van der Waals surface area contributed by atoms with Gasteiger partial charge in [-0.15, -0.1) is 0 Å². The summed E-state index contributed by atoms with van der Waals surface area (Å²) < 4.78 is 1.85. The number of nitrogens with zero attached hydrogens (tertiary/aromatic N) is 5. The average Bonchev–Trinajstić information content (AvgIpc) is 2.91. The molecule has 0 atom stereocenters. The van der Waals surface area contributed by atoms with Gasteiger partial charge in [0.1, 0.15) is 5.69 Å². The first-order valence-corrected chi connectivity index (χ1v) is 7.38. The van der Waals surface area contributed by atoms with Crippen molar-refractivity contribution in [1.82, 2.24) is 25.2 Å². The van der Waals surface area contributed by atoms with Gasteiger partial charge >= 0.3 is 0 Å². The first-order valence-electron chi connectivity index (χ1n) is 7.38. The second-order valence-corrected chi connectivity index (χ2v) is 5.12. The third-order valence-corrected chi connectivity index (χ3v) is 3.50. The van der Waals surface area contributed by atoms with Crippen molar-refractivity contribution in [3.63, 3.8) is 0 Å². The summed E-state index contributed by atoms with van der Waals surface area (Å²) in [4.78, 5) is 19.7. The van der Waals surface area contributed by atoms with Crippen LogP contribution in [0.5, 0.6) is 0 Å². The number of amides is 1. The molecule has 1 amide bonds. The minimum Gasteiger partial charge on any atom is -0.265 e. The second kappa shape index (κ2) is 6.82. The monoisotopic (exact) mass is 320 g/mol. The van der Waals surface area contributed by atoms with Crippen LogP contribution in [0.1, 0.15) is 27.4 Å². The van der Waals surface area contributed by atoms with E-state index in [1.165, 1.54) is 18.6 Å². The highest BCUT2D eigenvalue weighted by Gasteiger charge is 2.11. The fourth-order valence-corrected chi connectivity index (χ4v) is 2.29. The Kier molecular flexibility index (Phi) is 4.42. The zero-order valence-electron chi connectivity index (χ0n) is 13.3. The van der Waals surface area contributed by atoms with Gasteiger partial charge in [0.2, 0.25) is 0 Å². The highest BCUT2D eigenvalue weighted by molar-refractivity contribution is 5.93. The summed E-state index contributed by atoms with van der Waals surface area (Å²) in [6, 6.07) is 9.84. The van der Waals surface area contributed by atoms with Crippen molar-refractivity contribution in [1.29, 1.82) is 0 Å². The summed E-state index contributed by atoms with van der Waals surface area (Å²) in [5.41, 5.74) is 6.25. The Labute approximate surface area is 139 Å². The van der Waals surface area contributed by atoms with Gasteiger partial charge in [0.25, 0.3) is 5.91 Å². The lowest BCUT2D eigenvalue weighted by molar-refractivity contribution is 0.0949. The third-order valence-electron chi connectivity index (χ3n) is 3.50. The Balaban J connectivity index is 1.78. The van der Waals surface area contributed by atoms with Crippen LogP contribution in [0.15, 0.2) is 54.0 Å². The molecule has 120 valence electrons. The molecule has 1 aromatic carbocycles. The summed E-state index contributed by atoms with van der Waals surface area (Å²) in [6.07, 6.45) is 5.93. The van der Waals surface area contributed by atoms with Gasteiger partial charge in [-0.3, -0.25) is 9.78 Å². The maximum atomic E-state index is 11.9. The fourth-order valence-electron chi connectivity index (χ4n) is 2.29. The molecule has 0 bridgehead atoms. The molecule has 0 aliphatic rings. The molecular formula is C17H16N6O. The van der Waals surface area contributed by atoms with Gasteiger partial charge in [0.05, 0.1) is 29.5 Å². The minimum absolute atomic E-state index is 0.211. The van der Waals surface area contributed by atoms with E-state index in [0.717, 1.165) is 22.6 Å². The highest BCUT2D eigenvalue weighted by Crippen LogP contribution is 2.15. The zero-order valence-corrected chi connectivity index (χ0v) is 13.3. The van der Waals surface area contributed by atoms with Gasteiger partial charge in [-0.25, -0.2) is 15.1 Å². The van der Waals surface area contributed by atoms with Crippen LogP contribution in [0.25, 0.3) is 5.69 Å². The SMILES string of the molecule is Cc1nn(-c2ccccc2)c(C)c1C=NNC(=O)c1cnccn1. The van der Waals surface area contributed by atoms with Gasteiger partial charge in [0, 0.05) is 18.0 Å². The number of benzene rings is 1. The van der Waals surface area contributed by atoms with Crippen molar-refractivity contribution >= 4 is 12.1 Å². The first kappa shape index (κ1) is 15.5. The molecule has 7 heteroatoms. The van der Waals surface area contributed by atoms with E-state index in [-0.39, 0.29) is 5.69 Å². The molecule has 0 spiro atoms. The van der Waals surface area contributed by atoms with E-state index in [9.17, 15) is 4.79 Å². The average molecular weight is 320 g/mol. The topological polar surface area (TPSA) is 85.1 Å². The number of hydrogen-bond donors (Lipinski definition) is 1. The van der Waals surface area contributed by atoms with E-state index < -0.39 is 5.91 Å². The molecule has 0 saturated heterocycles. The van der Waals surface area contributed by atoms with E-state index in [0.29, 0.717) is 0 Å². The van der Waals surface area contributed by atoms with Crippen molar-refractivity contribution < 1.29 is 4.79 Å². The van der Waals surface area contributed by atoms with Crippen LogP contribution < -0.4 is 5.43 Å². The van der Waals surface area contributed by atoms with Crippen molar-refractivity contribution in [3.8, 4) is 5.69 Å². The molecule has 0 aliphatic heterocycles. The molecule has 7 nitrogen and oxygen atoms in total. The molecule has 3 rings (SSSR count). The Morgan fingerprint density at radius 1 is 1.21 bits per heavy atom. The Morgan fingerprint density at radius 3 is 2.71 bits per heavy atom. The van der Waals surface area contributed by atoms with Crippen LogP contribution in [0.2, 0.25) is 0 Å². The van der Waals surface area contributed by atoms with E-state index in [2.05, 4.69) is 25.6 Å². The van der Waals surface area contributed by atoms with Gasteiger partial charge in [-0.05, 0) is 26.0 Å². The van der Waals surface area contributed by atoms with Crippen LogP contribution in [-0.2, 0) is 0 Å². The predicted octanol–water partition coefficient (Wildman–Crippen LogP) is 2.04. The summed E-state index contributed by atoms with van der Waals surface area (Å²) in [5.74, 6) is -0.412. The van der Waals surface area contributed by atoms with Gasteiger partial charge < -0.3 is 0 Å². The first-order chi connectivity index (χ1) is 11.7. The van der Waals surface area contributed by atoms with Crippen molar-refractivity contribution in [2.45, 2.75) is 13.8 Å². The van der Waals surface area contributed by atoms with Crippen molar-refractivity contribution in [3.05, 3.63) is 71.6 Å². The maximum absolute atomic E-state index is 11.9. The number of hydrogen-bond acceptors (Lipinski definition) is 5. The molecule has 0 aliphatic carbocycles. The molecule has 0 radical (unpaired) electrons. The predicted molar refractivity (Wildman–Crippen MR) is 90.1 cm³/mol. The number of carbonyl (C=O) groups excluding carboxylic acids is 1. The molecule has 2 heterocycles. The fraction of sp³-hybridized carbons (Fsp3) is 0.118. The summed E-state index contributed by atoms with van der Waals surface area (Å²) >= 11 is 0.